The molecular formula is C44H28N2O. The summed E-state index contributed by atoms with van der Waals surface area (Å²) < 4.78 is 8.66. The van der Waals surface area contributed by atoms with Crippen LogP contribution in [0.15, 0.2) is 174 Å². The molecule has 0 aliphatic heterocycles. The van der Waals surface area contributed by atoms with E-state index < -0.39 is 0 Å². The van der Waals surface area contributed by atoms with Crippen molar-refractivity contribution in [2.75, 3.05) is 4.90 Å². The van der Waals surface area contributed by atoms with Gasteiger partial charge in [-0.2, -0.15) is 0 Å². The molecule has 0 fully saturated rings. The van der Waals surface area contributed by atoms with E-state index in [1.54, 1.807) is 0 Å². The maximum Gasteiger partial charge on any atom is 0.137 e. The number of hydrogen-bond acceptors (Lipinski definition) is 2. The molecule has 0 saturated carbocycles. The van der Waals surface area contributed by atoms with Crippen LogP contribution < -0.4 is 4.90 Å². The number of nitrogens with zero attached hydrogens (tertiary/aromatic N) is 2. The highest BCUT2D eigenvalue weighted by molar-refractivity contribution is 6.24. The number of fused-ring (bicyclic) bond motifs is 3. The van der Waals surface area contributed by atoms with Gasteiger partial charge in [-0.05, 0) is 88.6 Å². The summed E-state index contributed by atoms with van der Waals surface area (Å²) in [5.41, 5.74) is 11.0. The molecule has 3 heteroatoms. The first-order valence-electron chi connectivity index (χ1n) is 16.0. The molecule has 0 spiro atoms. The molecule has 220 valence electrons. The van der Waals surface area contributed by atoms with Gasteiger partial charge in [-0.25, -0.2) is 0 Å². The molecule has 2 aromatic heterocycles. The fraction of sp³-hybridized carbons (Fsp3) is 0. The Morgan fingerprint density at radius 3 is 1.68 bits per heavy atom. The molecule has 0 radical (unpaired) electrons. The minimum Gasteiger partial charge on any atom is -0.456 e. The van der Waals surface area contributed by atoms with Crippen LogP contribution in [0.3, 0.4) is 0 Å². The maximum absolute atomic E-state index is 6.26. The number of furan rings is 1. The fourth-order valence-corrected chi connectivity index (χ4v) is 7.38. The zero-order valence-electron chi connectivity index (χ0n) is 25.5. The number of aromatic nitrogens is 1. The first-order valence-corrected chi connectivity index (χ1v) is 16.0. The van der Waals surface area contributed by atoms with E-state index in [1.165, 1.54) is 43.7 Å². The third-order valence-corrected chi connectivity index (χ3v) is 9.54. The summed E-state index contributed by atoms with van der Waals surface area (Å²) in [6.07, 6.45) is 0. The van der Waals surface area contributed by atoms with Crippen LogP contribution in [-0.4, -0.2) is 4.57 Å². The smallest absolute Gasteiger partial charge is 0.137 e. The van der Waals surface area contributed by atoms with Crippen LogP contribution >= 0.6 is 0 Å². The molecule has 0 N–H and O–H groups in total. The van der Waals surface area contributed by atoms with Gasteiger partial charge in [0.05, 0.1) is 11.0 Å². The van der Waals surface area contributed by atoms with E-state index >= 15 is 0 Å². The van der Waals surface area contributed by atoms with E-state index in [2.05, 4.69) is 167 Å². The second-order valence-electron chi connectivity index (χ2n) is 12.2. The molecule has 0 amide bonds. The first kappa shape index (κ1) is 26.0. The highest BCUT2D eigenvalue weighted by Gasteiger charge is 2.17. The maximum atomic E-state index is 6.26. The zero-order chi connectivity index (χ0) is 30.9. The Kier molecular flexibility index (Phi) is 5.57. The van der Waals surface area contributed by atoms with Crippen LogP contribution in [0.25, 0.3) is 71.3 Å². The Labute approximate surface area is 271 Å². The minimum absolute atomic E-state index is 0.884. The quantitative estimate of drug-likeness (QED) is 0.183. The van der Waals surface area contributed by atoms with Gasteiger partial charge in [-0.15, -0.1) is 0 Å². The Morgan fingerprint density at radius 1 is 0.404 bits per heavy atom. The molecular weight excluding hydrogens is 572 g/mol. The number of para-hydroxylation sites is 2. The summed E-state index contributed by atoms with van der Waals surface area (Å²) in [6.45, 7) is 0. The molecule has 8 aromatic carbocycles. The molecule has 10 aromatic rings. The zero-order valence-corrected chi connectivity index (χ0v) is 25.5. The fourth-order valence-electron chi connectivity index (χ4n) is 7.38. The molecule has 0 unspecified atom stereocenters. The van der Waals surface area contributed by atoms with Crippen molar-refractivity contribution in [2.45, 2.75) is 0 Å². The van der Waals surface area contributed by atoms with Crippen molar-refractivity contribution < 1.29 is 4.42 Å². The van der Waals surface area contributed by atoms with E-state index in [0.29, 0.717) is 0 Å². The van der Waals surface area contributed by atoms with E-state index in [1.807, 2.05) is 12.1 Å². The Hall–Kier alpha value is -6.32. The average molecular weight is 601 g/mol. The van der Waals surface area contributed by atoms with Crippen LogP contribution in [0.1, 0.15) is 0 Å². The van der Waals surface area contributed by atoms with Crippen molar-refractivity contribution in [3.05, 3.63) is 170 Å². The largest absolute Gasteiger partial charge is 0.456 e. The van der Waals surface area contributed by atoms with Crippen molar-refractivity contribution in [3.63, 3.8) is 0 Å². The SMILES string of the molecule is c1ccc(N(c2ccc(-c3ccc(-n4c5cccc6ccc7cccc4c7c65)cc3)cc2)c2ccc3c(c2)oc2ccccc23)cc1. The summed E-state index contributed by atoms with van der Waals surface area (Å²) in [7, 11) is 0. The lowest BCUT2D eigenvalue weighted by atomic mass is 10.0. The van der Waals surface area contributed by atoms with Gasteiger partial charge in [0.15, 0.2) is 0 Å². The summed E-state index contributed by atoms with van der Waals surface area (Å²) in [5, 5.41) is 7.50. The molecule has 0 atom stereocenters. The van der Waals surface area contributed by atoms with Gasteiger partial charge in [0.2, 0.25) is 0 Å². The van der Waals surface area contributed by atoms with Crippen LogP contribution in [0, 0.1) is 0 Å². The summed E-state index contributed by atoms with van der Waals surface area (Å²) in [6, 6.07) is 60.7. The van der Waals surface area contributed by atoms with E-state index in [-0.39, 0.29) is 0 Å². The lowest BCUT2D eigenvalue weighted by molar-refractivity contribution is 0.669. The van der Waals surface area contributed by atoms with Gasteiger partial charge >= 0.3 is 0 Å². The third-order valence-electron chi connectivity index (χ3n) is 9.54. The van der Waals surface area contributed by atoms with Gasteiger partial charge in [0.25, 0.3) is 0 Å². The summed E-state index contributed by atoms with van der Waals surface area (Å²) in [4.78, 5) is 2.28. The predicted octanol–water partition coefficient (Wildman–Crippen LogP) is 12.4. The summed E-state index contributed by atoms with van der Waals surface area (Å²) >= 11 is 0. The standard InChI is InChI=1S/C44H28N2O/c1-2-10-33(11-3-1)45(36-26-27-38-37-12-4-5-15-41(37)47-42(38)28-36)34-22-18-29(19-23-34)30-20-24-35(25-21-30)46-39-13-6-8-31-16-17-32-9-7-14-40(46)44(32)43(31)39/h1-28H. The Morgan fingerprint density at radius 2 is 0.979 bits per heavy atom. The molecule has 2 heterocycles. The monoisotopic (exact) mass is 600 g/mol. The lowest BCUT2D eigenvalue weighted by Gasteiger charge is -2.25. The second kappa shape index (κ2) is 10.1. The van der Waals surface area contributed by atoms with Gasteiger partial charge in [0.1, 0.15) is 11.2 Å². The van der Waals surface area contributed by atoms with Crippen LogP contribution in [0.4, 0.5) is 17.1 Å². The van der Waals surface area contributed by atoms with Crippen molar-refractivity contribution in [1.82, 2.24) is 4.57 Å². The normalized spacial score (nSPS) is 11.8. The molecule has 0 aliphatic rings. The van der Waals surface area contributed by atoms with Crippen molar-refractivity contribution in [2.24, 2.45) is 0 Å². The van der Waals surface area contributed by atoms with Crippen LogP contribution in [-0.2, 0) is 0 Å². The van der Waals surface area contributed by atoms with Crippen molar-refractivity contribution in [1.29, 1.82) is 0 Å². The van der Waals surface area contributed by atoms with E-state index in [9.17, 15) is 0 Å². The van der Waals surface area contributed by atoms with E-state index in [0.717, 1.165) is 44.7 Å². The Balaban J connectivity index is 1.03. The molecule has 0 saturated heterocycles. The van der Waals surface area contributed by atoms with Crippen LogP contribution in [0.2, 0.25) is 0 Å². The highest BCUT2D eigenvalue weighted by atomic mass is 16.3. The topological polar surface area (TPSA) is 21.3 Å². The predicted molar refractivity (Wildman–Crippen MR) is 197 cm³/mol. The van der Waals surface area contributed by atoms with Gasteiger partial charge < -0.3 is 13.9 Å². The van der Waals surface area contributed by atoms with Gasteiger partial charge in [0, 0.05) is 50.4 Å². The molecule has 0 aliphatic carbocycles. The lowest BCUT2D eigenvalue weighted by Crippen LogP contribution is -2.09. The highest BCUT2D eigenvalue weighted by Crippen LogP contribution is 2.41. The number of hydrogen-bond donors (Lipinski definition) is 0. The third kappa shape index (κ3) is 4.00. The molecule has 3 nitrogen and oxygen atoms in total. The van der Waals surface area contributed by atoms with Crippen molar-refractivity contribution >= 4 is 71.6 Å². The minimum atomic E-state index is 0.884. The van der Waals surface area contributed by atoms with Gasteiger partial charge in [-0.3, -0.25) is 0 Å². The summed E-state index contributed by atoms with van der Waals surface area (Å²) in [5.74, 6) is 0. The van der Waals surface area contributed by atoms with Crippen LogP contribution in [0.5, 0.6) is 0 Å². The molecule has 0 bridgehead atoms. The van der Waals surface area contributed by atoms with Crippen molar-refractivity contribution in [3.8, 4) is 16.8 Å². The second-order valence-corrected chi connectivity index (χ2v) is 12.2. The number of rotatable bonds is 5. The Bertz CT molecular complexity index is 2650. The van der Waals surface area contributed by atoms with E-state index in [4.69, 9.17) is 4.42 Å². The average Bonchev–Trinajstić information content (AvgIpc) is 3.68. The number of anilines is 3. The first-order chi connectivity index (χ1) is 23.3. The molecule has 10 rings (SSSR count). The number of benzene rings is 8. The van der Waals surface area contributed by atoms with Gasteiger partial charge in [-0.1, -0.05) is 97.1 Å². The molecule has 47 heavy (non-hydrogen) atoms.